The van der Waals surface area contributed by atoms with E-state index in [1.807, 2.05) is 46.8 Å². The average Bonchev–Trinajstić information content (AvgIpc) is 2.76. The summed E-state index contributed by atoms with van der Waals surface area (Å²) in [7, 11) is 3.44. The SMILES string of the molecule is CC(C)C.CC(C)c1ccccc1.CNCC(=O)NC(C(=O)N(C)C(C)/C=C(\C)CN)C(C)(C)C. The van der Waals surface area contributed by atoms with Crippen LogP contribution in [0.1, 0.15) is 80.7 Å². The van der Waals surface area contributed by atoms with Gasteiger partial charge in [-0.25, -0.2) is 0 Å². The number of likely N-dealkylation sites (N-methyl/N-ethyl adjacent to an activating group) is 2. The maximum Gasteiger partial charge on any atom is 0.245 e. The van der Waals surface area contributed by atoms with Gasteiger partial charge < -0.3 is 21.3 Å². The molecule has 1 aromatic rings. The summed E-state index contributed by atoms with van der Waals surface area (Å²) in [5.41, 5.74) is 7.66. The zero-order valence-corrected chi connectivity index (χ0v) is 24.5. The van der Waals surface area contributed by atoms with Crippen LogP contribution in [0.5, 0.6) is 0 Å². The van der Waals surface area contributed by atoms with Gasteiger partial charge in [-0.15, -0.1) is 0 Å². The van der Waals surface area contributed by atoms with E-state index in [-0.39, 0.29) is 29.8 Å². The molecule has 0 aromatic heterocycles. The molecule has 0 spiro atoms. The van der Waals surface area contributed by atoms with Crippen molar-refractivity contribution < 1.29 is 9.59 Å². The van der Waals surface area contributed by atoms with Crippen molar-refractivity contribution in [3.8, 4) is 0 Å². The third-order valence-electron chi connectivity index (χ3n) is 5.03. The van der Waals surface area contributed by atoms with Crippen molar-refractivity contribution in [2.75, 3.05) is 27.2 Å². The smallest absolute Gasteiger partial charge is 0.245 e. The largest absolute Gasteiger partial charge is 0.343 e. The van der Waals surface area contributed by atoms with E-state index in [2.05, 4.69) is 69.5 Å². The summed E-state index contributed by atoms with van der Waals surface area (Å²) in [5.74, 6) is 1.20. The van der Waals surface area contributed by atoms with Crippen LogP contribution in [0.25, 0.3) is 0 Å². The summed E-state index contributed by atoms with van der Waals surface area (Å²) in [6.45, 7) is 21.2. The summed E-state index contributed by atoms with van der Waals surface area (Å²) >= 11 is 0. The number of nitrogens with two attached hydrogens (primary N) is 1. The van der Waals surface area contributed by atoms with Crippen LogP contribution in [0.2, 0.25) is 0 Å². The second-order valence-electron chi connectivity index (χ2n) is 11.1. The number of hydrogen-bond donors (Lipinski definition) is 3. The van der Waals surface area contributed by atoms with Gasteiger partial charge in [0.2, 0.25) is 11.8 Å². The van der Waals surface area contributed by atoms with Crippen LogP contribution in [0.15, 0.2) is 42.0 Å². The van der Waals surface area contributed by atoms with Gasteiger partial charge >= 0.3 is 0 Å². The lowest BCUT2D eigenvalue weighted by atomic mass is 9.85. The number of nitrogens with zero attached hydrogens (tertiary/aromatic N) is 1. The Labute approximate surface area is 216 Å². The van der Waals surface area contributed by atoms with Gasteiger partial charge in [0.05, 0.1) is 6.54 Å². The molecule has 6 heteroatoms. The van der Waals surface area contributed by atoms with Gasteiger partial charge in [-0.2, -0.15) is 0 Å². The molecule has 0 aliphatic heterocycles. The molecule has 1 rings (SSSR count). The van der Waals surface area contributed by atoms with Gasteiger partial charge in [0.25, 0.3) is 0 Å². The summed E-state index contributed by atoms with van der Waals surface area (Å²) in [4.78, 5) is 26.3. The number of carbonyl (C=O) groups excluding carboxylic acids is 2. The van der Waals surface area contributed by atoms with Gasteiger partial charge in [-0.1, -0.05) is 97.4 Å². The van der Waals surface area contributed by atoms with E-state index in [1.165, 1.54) is 5.56 Å². The van der Waals surface area contributed by atoms with E-state index in [0.29, 0.717) is 12.5 Å². The maximum atomic E-state index is 12.8. The normalized spacial score (nSPS) is 13.2. The van der Waals surface area contributed by atoms with Crippen LogP contribution in [-0.4, -0.2) is 56.0 Å². The Morgan fingerprint density at radius 1 is 1.03 bits per heavy atom. The molecule has 0 aliphatic rings. The molecule has 0 fully saturated rings. The molecule has 4 N–H and O–H groups in total. The Kier molecular flexibility index (Phi) is 18.1. The molecular formula is C29H54N4O2. The average molecular weight is 491 g/mol. The Balaban J connectivity index is 0. The maximum absolute atomic E-state index is 12.8. The number of benzene rings is 1. The standard InChI is InChI=1S/C16H32N4O2.C9H12.C4H10/c1-11(9-17)8-12(2)20(7)15(22)14(16(3,4)5)19-13(21)10-18-6;1-8(2)9-6-4-3-5-7-9;1-4(2)3/h8,12,14,18H,9-10,17H2,1-7H3,(H,19,21);3-8H,1-2H3;4H,1-3H3/b11-8+;;. The number of nitrogens with one attached hydrogen (secondary N) is 2. The number of hydrogen-bond acceptors (Lipinski definition) is 4. The van der Waals surface area contributed by atoms with Crippen molar-refractivity contribution in [2.45, 2.75) is 87.2 Å². The second-order valence-corrected chi connectivity index (χ2v) is 11.1. The van der Waals surface area contributed by atoms with Crippen molar-refractivity contribution >= 4 is 11.8 Å². The Bertz CT molecular complexity index is 734. The molecule has 0 heterocycles. The van der Waals surface area contributed by atoms with Crippen LogP contribution < -0.4 is 16.4 Å². The van der Waals surface area contributed by atoms with Crippen molar-refractivity contribution in [2.24, 2.45) is 17.1 Å². The predicted octanol–water partition coefficient (Wildman–Crippen LogP) is 4.96. The van der Waals surface area contributed by atoms with Gasteiger partial charge in [-0.3, -0.25) is 9.59 Å². The van der Waals surface area contributed by atoms with E-state index in [0.717, 1.165) is 11.5 Å². The Morgan fingerprint density at radius 2 is 1.51 bits per heavy atom. The lowest BCUT2D eigenvalue weighted by molar-refractivity contribution is -0.139. The molecule has 6 nitrogen and oxygen atoms in total. The van der Waals surface area contributed by atoms with E-state index in [9.17, 15) is 9.59 Å². The van der Waals surface area contributed by atoms with Crippen molar-refractivity contribution in [3.63, 3.8) is 0 Å². The van der Waals surface area contributed by atoms with Crippen LogP contribution in [-0.2, 0) is 9.59 Å². The summed E-state index contributed by atoms with van der Waals surface area (Å²) in [6.07, 6.45) is 1.97. The topological polar surface area (TPSA) is 87.5 Å². The van der Waals surface area contributed by atoms with Crippen molar-refractivity contribution in [1.29, 1.82) is 0 Å². The third-order valence-corrected chi connectivity index (χ3v) is 5.03. The van der Waals surface area contributed by atoms with Gasteiger partial charge in [0.15, 0.2) is 0 Å². The van der Waals surface area contributed by atoms with Gasteiger partial charge in [-0.05, 0) is 43.7 Å². The molecule has 2 unspecified atom stereocenters. The van der Waals surface area contributed by atoms with E-state index >= 15 is 0 Å². The molecule has 0 radical (unpaired) electrons. The van der Waals surface area contributed by atoms with E-state index in [1.54, 1.807) is 19.0 Å². The van der Waals surface area contributed by atoms with Crippen LogP contribution in [0, 0.1) is 11.3 Å². The molecule has 2 amide bonds. The van der Waals surface area contributed by atoms with Crippen LogP contribution >= 0.6 is 0 Å². The minimum atomic E-state index is -0.576. The first kappa shape index (κ1) is 35.0. The first-order chi connectivity index (χ1) is 16.1. The highest BCUT2D eigenvalue weighted by Crippen LogP contribution is 2.22. The molecule has 0 saturated carbocycles. The van der Waals surface area contributed by atoms with Gasteiger partial charge in [0, 0.05) is 19.6 Å². The number of rotatable bonds is 8. The monoisotopic (exact) mass is 490 g/mol. The first-order valence-electron chi connectivity index (χ1n) is 12.7. The zero-order chi connectivity index (χ0) is 27.8. The zero-order valence-electron chi connectivity index (χ0n) is 24.5. The molecular weight excluding hydrogens is 436 g/mol. The fourth-order valence-electron chi connectivity index (χ4n) is 2.86. The molecule has 0 saturated heterocycles. The van der Waals surface area contributed by atoms with Crippen LogP contribution in [0.4, 0.5) is 0 Å². The molecule has 2 atom stereocenters. The predicted molar refractivity (Wildman–Crippen MR) is 151 cm³/mol. The lowest BCUT2D eigenvalue weighted by Crippen LogP contribution is -2.56. The molecule has 0 bridgehead atoms. The van der Waals surface area contributed by atoms with Gasteiger partial charge in [0.1, 0.15) is 6.04 Å². The Morgan fingerprint density at radius 3 is 1.86 bits per heavy atom. The van der Waals surface area contributed by atoms with Crippen molar-refractivity contribution in [1.82, 2.24) is 15.5 Å². The fourth-order valence-corrected chi connectivity index (χ4v) is 2.86. The third kappa shape index (κ3) is 17.0. The summed E-state index contributed by atoms with van der Waals surface area (Å²) in [5, 5.41) is 5.61. The van der Waals surface area contributed by atoms with Crippen LogP contribution in [0.3, 0.4) is 0 Å². The molecule has 202 valence electrons. The summed E-state index contributed by atoms with van der Waals surface area (Å²) < 4.78 is 0. The number of carbonyl (C=O) groups is 2. The number of amides is 2. The molecule has 0 aliphatic carbocycles. The fraction of sp³-hybridized carbons (Fsp3) is 0.655. The highest BCUT2D eigenvalue weighted by atomic mass is 16.2. The molecule has 35 heavy (non-hydrogen) atoms. The Hall–Kier alpha value is -2.18. The highest BCUT2D eigenvalue weighted by Gasteiger charge is 2.35. The second kappa shape index (κ2) is 18.1. The summed E-state index contributed by atoms with van der Waals surface area (Å²) in [6, 6.07) is 9.86. The highest BCUT2D eigenvalue weighted by molar-refractivity contribution is 5.89. The van der Waals surface area contributed by atoms with E-state index < -0.39 is 6.04 Å². The lowest BCUT2D eigenvalue weighted by Gasteiger charge is -2.35. The minimum Gasteiger partial charge on any atom is -0.343 e. The first-order valence-corrected chi connectivity index (χ1v) is 12.7. The minimum absolute atomic E-state index is 0.0814. The quantitative estimate of drug-likeness (QED) is 0.449. The van der Waals surface area contributed by atoms with E-state index in [4.69, 9.17) is 5.73 Å². The molecule has 1 aromatic carbocycles. The van der Waals surface area contributed by atoms with Crippen molar-refractivity contribution in [3.05, 3.63) is 47.5 Å².